The van der Waals surface area contributed by atoms with Crippen LogP contribution in [0.4, 0.5) is 16.2 Å². The summed E-state index contributed by atoms with van der Waals surface area (Å²) in [5, 5.41) is 7.12. The van der Waals surface area contributed by atoms with Gasteiger partial charge >= 0.3 is 0 Å². The first-order valence-electron chi connectivity index (χ1n) is 10.9. The zero-order valence-corrected chi connectivity index (χ0v) is 18.1. The van der Waals surface area contributed by atoms with Gasteiger partial charge in [0.05, 0.1) is 12.2 Å². The minimum atomic E-state index is -0.358. The number of amides is 1. The molecule has 0 atom stereocenters. The molecule has 2 aromatic rings. The fourth-order valence-electron chi connectivity index (χ4n) is 4.17. The van der Waals surface area contributed by atoms with Gasteiger partial charge in [-0.05, 0) is 30.5 Å². The summed E-state index contributed by atoms with van der Waals surface area (Å²) in [6, 6.07) is 4.40. The fourth-order valence-corrected chi connectivity index (χ4v) is 4.41. The van der Waals surface area contributed by atoms with E-state index >= 15 is 0 Å². The molecule has 0 unspecified atom stereocenters. The number of anilines is 2. The second-order valence-corrected chi connectivity index (χ2v) is 8.82. The molecule has 1 aromatic heterocycles. The van der Waals surface area contributed by atoms with Crippen LogP contribution in [0.1, 0.15) is 29.7 Å². The monoisotopic (exact) mass is 444 g/mol. The molecule has 5 rings (SSSR count). The van der Waals surface area contributed by atoms with Gasteiger partial charge in [0.2, 0.25) is 11.9 Å². The van der Waals surface area contributed by atoms with Crippen molar-refractivity contribution in [2.75, 3.05) is 42.9 Å². The van der Waals surface area contributed by atoms with Gasteiger partial charge in [-0.25, -0.2) is 9.37 Å². The van der Waals surface area contributed by atoms with Crippen LogP contribution in [0.15, 0.2) is 18.2 Å². The van der Waals surface area contributed by atoms with Crippen LogP contribution in [0.25, 0.3) is 0 Å². The van der Waals surface area contributed by atoms with Crippen molar-refractivity contribution >= 4 is 29.3 Å². The Morgan fingerprint density at radius 2 is 2.03 bits per heavy atom. The van der Waals surface area contributed by atoms with Gasteiger partial charge < -0.3 is 20.4 Å². The topological polar surface area (TPSA) is 73.4 Å². The summed E-state index contributed by atoms with van der Waals surface area (Å²) in [7, 11) is 0. The van der Waals surface area contributed by atoms with Crippen LogP contribution in [-0.4, -0.2) is 53.5 Å². The molecular weight excluding hydrogens is 419 g/mol. The molecule has 1 saturated carbocycles. The molecule has 3 aliphatic rings. The SMILES string of the molecule is O=C(C1CC1)N1CCc2nc(N3CCNCC3)nc(NCc3ccc(F)cc3Cl)c2C1. The molecule has 0 radical (unpaired) electrons. The molecule has 0 bridgehead atoms. The van der Waals surface area contributed by atoms with Crippen LogP contribution in [0.3, 0.4) is 0 Å². The van der Waals surface area contributed by atoms with E-state index in [9.17, 15) is 9.18 Å². The summed E-state index contributed by atoms with van der Waals surface area (Å²) in [5.41, 5.74) is 2.76. The van der Waals surface area contributed by atoms with E-state index in [-0.39, 0.29) is 17.6 Å². The number of hydrogen-bond donors (Lipinski definition) is 2. The number of fused-ring (bicyclic) bond motifs is 1. The molecule has 7 nitrogen and oxygen atoms in total. The van der Waals surface area contributed by atoms with Gasteiger partial charge in [-0.2, -0.15) is 4.98 Å². The third-order valence-electron chi connectivity index (χ3n) is 6.15. The van der Waals surface area contributed by atoms with Crippen molar-refractivity contribution in [2.24, 2.45) is 5.92 Å². The van der Waals surface area contributed by atoms with Crippen LogP contribution >= 0.6 is 11.6 Å². The summed E-state index contributed by atoms with van der Waals surface area (Å²) in [5.74, 6) is 1.52. The van der Waals surface area contributed by atoms with E-state index in [4.69, 9.17) is 21.6 Å². The van der Waals surface area contributed by atoms with Crippen LogP contribution < -0.4 is 15.5 Å². The molecular formula is C22H26ClFN6O. The van der Waals surface area contributed by atoms with E-state index < -0.39 is 0 Å². The first-order chi connectivity index (χ1) is 15.1. The summed E-state index contributed by atoms with van der Waals surface area (Å²) in [6.45, 7) is 5.15. The average Bonchev–Trinajstić information content (AvgIpc) is 3.63. The van der Waals surface area contributed by atoms with Gasteiger partial charge in [0.25, 0.3) is 0 Å². The van der Waals surface area contributed by atoms with E-state index in [1.54, 1.807) is 6.07 Å². The van der Waals surface area contributed by atoms with E-state index in [1.807, 2.05) is 4.90 Å². The highest BCUT2D eigenvalue weighted by Gasteiger charge is 2.36. The normalized spacial score (nSPS) is 18.6. The number of piperazine rings is 1. The highest BCUT2D eigenvalue weighted by atomic mass is 35.5. The van der Waals surface area contributed by atoms with Gasteiger partial charge in [0.1, 0.15) is 11.6 Å². The summed E-state index contributed by atoms with van der Waals surface area (Å²) < 4.78 is 13.4. The van der Waals surface area contributed by atoms with Crippen molar-refractivity contribution in [1.82, 2.24) is 20.2 Å². The lowest BCUT2D eigenvalue weighted by molar-refractivity contribution is -0.133. The Bertz CT molecular complexity index is 992. The molecule has 164 valence electrons. The maximum absolute atomic E-state index is 13.4. The van der Waals surface area contributed by atoms with Crippen molar-refractivity contribution in [1.29, 1.82) is 0 Å². The van der Waals surface area contributed by atoms with Gasteiger partial charge in [-0.3, -0.25) is 4.79 Å². The van der Waals surface area contributed by atoms with Crippen LogP contribution in [0, 0.1) is 11.7 Å². The molecule has 0 spiro atoms. The molecule has 2 N–H and O–H groups in total. The predicted octanol–water partition coefficient (Wildman–Crippen LogP) is 2.59. The van der Waals surface area contributed by atoms with Crippen molar-refractivity contribution in [3.8, 4) is 0 Å². The molecule has 31 heavy (non-hydrogen) atoms. The van der Waals surface area contributed by atoms with Crippen LogP contribution in [0.2, 0.25) is 5.02 Å². The Morgan fingerprint density at radius 3 is 2.77 bits per heavy atom. The minimum Gasteiger partial charge on any atom is -0.365 e. The van der Waals surface area contributed by atoms with Crippen molar-refractivity contribution in [3.63, 3.8) is 0 Å². The molecule has 2 fully saturated rings. The maximum atomic E-state index is 13.4. The smallest absolute Gasteiger partial charge is 0.227 e. The molecule has 1 saturated heterocycles. The van der Waals surface area contributed by atoms with Gasteiger partial charge in [0, 0.05) is 62.2 Å². The quantitative estimate of drug-likeness (QED) is 0.738. The summed E-state index contributed by atoms with van der Waals surface area (Å²) in [6.07, 6.45) is 2.71. The van der Waals surface area contributed by atoms with E-state index in [0.29, 0.717) is 24.7 Å². The van der Waals surface area contributed by atoms with Crippen molar-refractivity contribution in [2.45, 2.75) is 32.4 Å². The molecule has 3 heterocycles. The van der Waals surface area contributed by atoms with Gasteiger partial charge in [0.15, 0.2) is 0 Å². The number of hydrogen-bond acceptors (Lipinski definition) is 6. The second-order valence-electron chi connectivity index (χ2n) is 8.41. The molecule has 9 heteroatoms. The van der Waals surface area contributed by atoms with Crippen LogP contribution in [-0.2, 0) is 24.3 Å². The van der Waals surface area contributed by atoms with Crippen LogP contribution in [0.5, 0.6) is 0 Å². The maximum Gasteiger partial charge on any atom is 0.227 e. The highest BCUT2D eigenvalue weighted by Crippen LogP contribution is 2.34. The summed E-state index contributed by atoms with van der Waals surface area (Å²) in [4.78, 5) is 26.5. The zero-order chi connectivity index (χ0) is 21.4. The third-order valence-corrected chi connectivity index (χ3v) is 6.50. The first-order valence-corrected chi connectivity index (χ1v) is 11.3. The average molecular weight is 445 g/mol. The lowest BCUT2D eigenvalue weighted by Gasteiger charge is -2.32. The Kier molecular flexibility index (Phi) is 5.67. The predicted molar refractivity (Wildman–Crippen MR) is 118 cm³/mol. The third kappa shape index (κ3) is 4.45. The highest BCUT2D eigenvalue weighted by molar-refractivity contribution is 6.31. The van der Waals surface area contributed by atoms with Crippen molar-refractivity contribution < 1.29 is 9.18 Å². The van der Waals surface area contributed by atoms with Crippen molar-refractivity contribution in [3.05, 3.63) is 45.9 Å². The molecule has 1 amide bonds. The fraction of sp³-hybridized carbons (Fsp3) is 0.500. The van der Waals surface area contributed by atoms with E-state index in [2.05, 4.69) is 15.5 Å². The molecule has 2 aliphatic heterocycles. The number of aromatic nitrogens is 2. The lowest BCUT2D eigenvalue weighted by Crippen LogP contribution is -2.45. The Labute approximate surface area is 186 Å². The minimum absolute atomic E-state index is 0.192. The first kappa shape index (κ1) is 20.5. The molecule has 1 aromatic carbocycles. The Morgan fingerprint density at radius 1 is 1.23 bits per heavy atom. The van der Waals surface area contributed by atoms with Gasteiger partial charge in [-0.15, -0.1) is 0 Å². The Hall–Kier alpha value is -2.45. The number of rotatable bonds is 5. The number of carbonyl (C=O) groups is 1. The van der Waals surface area contributed by atoms with Gasteiger partial charge in [-0.1, -0.05) is 17.7 Å². The Balaban J connectivity index is 1.43. The number of nitrogens with zero attached hydrogens (tertiary/aromatic N) is 4. The number of benzene rings is 1. The summed E-state index contributed by atoms with van der Waals surface area (Å²) >= 11 is 6.22. The molecule has 1 aliphatic carbocycles. The van der Waals surface area contributed by atoms with E-state index in [1.165, 1.54) is 12.1 Å². The zero-order valence-electron chi connectivity index (χ0n) is 17.3. The lowest BCUT2D eigenvalue weighted by atomic mass is 10.1. The largest absolute Gasteiger partial charge is 0.365 e. The second kappa shape index (κ2) is 8.59. The number of carbonyl (C=O) groups excluding carboxylic acids is 1. The van der Waals surface area contributed by atoms with E-state index in [0.717, 1.165) is 74.0 Å². The number of nitrogens with one attached hydrogen (secondary N) is 2. The standard InChI is InChI=1S/C22H26ClFN6O/c23-18-11-16(24)4-3-15(18)12-26-20-17-13-30(21(31)14-1-2-14)8-5-19(17)27-22(28-20)29-9-6-25-7-10-29/h3-4,11,14,25H,1-2,5-10,12-13H2,(H,26,27,28). The number of halogens is 2.